The molecule has 0 aliphatic rings. The van der Waals surface area contributed by atoms with Crippen LogP contribution in [-0.2, 0) is 18.0 Å². The number of hydrogen-bond acceptors (Lipinski definition) is 4. The SMILES string of the molecule is COc1ccc(Cl)cc1COC(=O)c1ccc(CO)cc1. The second-order valence-electron chi connectivity index (χ2n) is 4.39. The number of esters is 1. The van der Waals surface area contributed by atoms with E-state index in [2.05, 4.69) is 0 Å². The molecule has 21 heavy (non-hydrogen) atoms. The lowest BCUT2D eigenvalue weighted by Gasteiger charge is -2.10. The molecule has 4 nitrogen and oxygen atoms in total. The molecule has 0 atom stereocenters. The highest BCUT2D eigenvalue weighted by molar-refractivity contribution is 6.30. The molecule has 2 aromatic rings. The zero-order valence-electron chi connectivity index (χ0n) is 11.5. The number of methoxy groups -OCH3 is 1. The van der Waals surface area contributed by atoms with Crippen molar-refractivity contribution in [3.05, 3.63) is 64.2 Å². The Balaban J connectivity index is 2.05. The maximum atomic E-state index is 11.9. The number of hydrogen-bond donors (Lipinski definition) is 1. The van der Waals surface area contributed by atoms with Crippen LogP contribution in [-0.4, -0.2) is 18.2 Å². The molecule has 0 amide bonds. The Morgan fingerprint density at radius 1 is 1.19 bits per heavy atom. The van der Waals surface area contributed by atoms with Gasteiger partial charge in [0.15, 0.2) is 0 Å². The van der Waals surface area contributed by atoms with E-state index >= 15 is 0 Å². The molecule has 0 unspecified atom stereocenters. The van der Waals surface area contributed by atoms with E-state index in [-0.39, 0.29) is 13.2 Å². The molecule has 0 aliphatic carbocycles. The molecule has 0 aromatic heterocycles. The minimum atomic E-state index is -0.443. The Labute approximate surface area is 127 Å². The first-order valence-electron chi connectivity index (χ1n) is 6.33. The molecular formula is C16H15ClO4. The third kappa shape index (κ3) is 3.97. The van der Waals surface area contributed by atoms with Gasteiger partial charge in [-0.15, -0.1) is 0 Å². The molecule has 0 bridgehead atoms. The van der Waals surface area contributed by atoms with Crippen molar-refractivity contribution >= 4 is 17.6 Å². The highest BCUT2D eigenvalue weighted by Crippen LogP contribution is 2.23. The number of ether oxygens (including phenoxy) is 2. The Bertz CT molecular complexity index is 623. The predicted octanol–water partition coefficient (Wildman–Crippen LogP) is 3.20. The van der Waals surface area contributed by atoms with Crippen molar-refractivity contribution in [1.82, 2.24) is 0 Å². The van der Waals surface area contributed by atoms with Crippen molar-refractivity contribution in [1.29, 1.82) is 0 Å². The van der Waals surface area contributed by atoms with Crippen LogP contribution in [0.3, 0.4) is 0 Å². The normalized spacial score (nSPS) is 10.2. The highest BCUT2D eigenvalue weighted by Gasteiger charge is 2.10. The summed E-state index contributed by atoms with van der Waals surface area (Å²) >= 11 is 5.92. The van der Waals surface area contributed by atoms with E-state index in [9.17, 15) is 4.79 Å². The van der Waals surface area contributed by atoms with Crippen LogP contribution in [0.5, 0.6) is 5.75 Å². The molecule has 2 aromatic carbocycles. The molecule has 0 spiro atoms. The molecule has 0 saturated heterocycles. The molecule has 0 saturated carbocycles. The summed E-state index contributed by atoms with van der Waals surface area (Å²) < 4.78 is 10.4. The molecule has 1 N–H and O–H groups in total. The number of benzene rings is 2. The van der Waals surface area contributed by atoms with Crippen molar-refractivity contribution in [2.45, 2.75) is 13.2 Å². The summed E-state index contributed by atoms with van der Waals surface area (Å²) in [6.45, 7) is 0.0133. The number of carbonyl (C=O) groups excluding carboxylic acids is 1. The second-order valence-corrected chi connectivity index (χ2v) is 4.82. The predicted molar refractivity (Wildman–Crippen MR) is 79.5 cm³/mol. The van der Waals surface area contributed by atoms with E-state index in [1.165, 1.54) is 0 Å². The maximum absolute atomic E-state index is 11.9. The van der Waals surface area contributed by atoms with Gasteiger partial charge in [0, 0.05) is 10.6 Å². The third-order valence-corrected chi connectivity index (χ3v) is 3.21. The summed E-state index contributed by atoms with van der Waals surface area (Å²) in [5, 5.41) is 9.51. The maximum Gasteiger partial charge on any atom is 0.338 e. The average Bonchev–Trinajstić information content (AvgIpc) is 2.52. The van der Waals surface area contributed by atoms with Crippen LogP contribution in [0.4, 0.5) is 0 Å². The summed E-state index contributed by atoms with van der Waals surface area (Å²) in [6.07, 6.45) is 0. The number of aliphatic hydroxyl groups excluding tert-OH is 1. The Morgan fingerprint density at radius 2 is 1.90 bits per heavy atom. The highest BCUT2D eigenvalue weighted by atomic mass is 35.5. The minimum Gasteiger partial charge on any atom is -0.496 e. The summed E-state index contributed by atoms with van der Waals surface area (Å²) in [4.78, 5) is 11.9. The first kappa shape index (κ1) is 15.4. The molecule has 0 heterocycles. The summed E-state index contributed by atoms with van der Waals surface area (Å²) in [5.41, 5.74) is 1.86. The zero-order valence-corrected chi connectivity index (χ0v) is 12.3. The lowest BCUT2D eigenvalue weighted by molar-refractivity contribution is 0.0470. The number of rotatable bonds is 5. The monoisotopic (exact) mass is 306 g/mol. The van der Waals surface area contributed by atoms with Gasteiger partial charge in [-0.3, -0.25) is 0 Å². The summed E-state index contributed by atoms with van der Waals surface area (Å²) in [5.74, 6) is 0.171. The topological polar surface area (TPSA) is 55.8 Å². The Hall–Kier alpha value is -2.04. The lowest BCUT2D eigenvalue weighted by atomic mass is 10.1. The van der Waals surface area contributed by atoms with E-state index in [1.54, 1.807) is 49.6 Å². The molecule has 0 fully saturated rings. The molecule has 110 valence electrons. The van der Waals surface area contributed by atoms with E-state index < -0.39 is 5.97 Å². The lowest BCUT2D eigenvalue weighted by Crippen LogP contribution is -2.06. The number of carbonyl (C=O) groups is 1. The summed E-state index contributed by atoms with van der Waals surface area (Å²) in [7, 11) is 1.54. The zero-order chi connectivity index (χ0) is 15.2. The van der Waals surface area contributed by atoms with Gasteiger partial charge in [-0.2, -0.15) is 0 Å². The van der Waals surface area contributed by atoms with Gasteiger partial charge in [0.2, 0.25) is 0 Å². The standard InChI is InChI=1S/C16H15ClO4/c1-20-15-7-6-14(17)8-13(15)10-21-16(19)12-4-2-11(9-18)3-5-12/h2-8,18H,9-10H2,1H3. The van der Waals surface area contributed by atoms with Crippen LogP contribution >= 0.6 is 11.6 Å². The molecule has 2 rings (SSSR count). The minimum absolute atomic E-state index is 0.0605. The van der Waals surface area contributed by atoms with Gasteiger partial charge in [0.1, 0.15) is 12.4 Å². The van der Waals surface area contributed by atoms with Gasteiger partial charge >= 0.3 is 5.97 Å². The fourth-order valence-corrected chi connectivity index (χ4v) is 2.03. The quantitative estimate of drug-likeness (QED) is 0.862. The van der Waals surface area contributed by atoms with Crippen LogP contribution in [0.1, 0.15) is 21.5 Å². The van der Waals surface area contributed by atoms with Crippen molar-refractivity contribution in [2.75, 3.05) is 7.11 Å². The van der Waals surface area contributed by atoms with Crippen molar-refractivity contribution in [3.63, 3.8) is 0 Å². The van der Waals surface area contributed by atoms with Gasteiger partial charge in [-0.25, -0.2) is 4.79 Å². The van der Waals surface area contributed by atoms with Crippen LogP contribution < -0.4 is 4.74 Å². The second kappa shape index (κ2) is 7.11. The first-order chi connectivity index (χ1) is 10.1. The molecule has 5 heteroatoms. The van der Waals surface area contributed by atoms with Crippen molar-refractivity contribution < 1.29 is 19.4 Å². The van der Waals surface area contributed by atoms with E-state index in [4.69, 9.17) is 26.2 Å². The van der Waals surface area contributed by atoms with Crippen LogP contribution in [0.25, 0.3) is 0 Å². The summed E-state index contributed by atoms with van der Waals surface area (Å²) in [6, 6.07) is 11.7. The Morgan fingerprint density at radius 3 is 2.52 bits per heavy atom. The number of aliphatic hydroxyl groups is 1. The van der Waals surface area contributed by atoms with E-state index in [1.807, 2.05) is 0 Å². The first-order valence-corrected chi connectivity index (χ1v) is 6.71. The van der Waals surface area contributed by atoms with Gasteiger partial charge in [-0.1, -0.05) is 23.7 Å². The third-order valence-electron chi connectivity index (χ3n) is 2.97. The fourth-order valence-electron chi connectivity index (χ4n) is 1.83. The number of halogens is 1. The largest absolute Gasteiger partial charge is 0.496 e. The van der Waals surface area contributed by atoms with Crippen molar-refractivity contribution in [3.8, 4) is 5.75 Å². The molecule has 0 radical (unpaired) electrons. The molecular weight excluding hydrogens is 292 g/mol. The van der Waals surface area contributed by atoms with E-state index in [0.29, 0.717) is 21.9 Å². The smallest absolute Gasteiger partial charge is 0.338 e. The van der Waals surface area contributed by atoms with Gasteiger partial charge in [0.25, 0.3) is 0 Å². The van der Waals surface area contributed by atoms with Crippen LogP contribution in [0.2, 0.25) is 5.02 Å². The van der Waals surface area contributed by atoms with Crippen LogP contribution in [0.15, 0.2) is 42.5 Å². The fraction of sp³-hybridized carbons (Fsp3) is 0.188. The molecule has 0 aliphatic heterocycles. The Kier molecular flexibility index (Phi) is 5.20. The van der Waals surface area contributed by atoms with Crippen molar-refractivity contribution in [2.24, 2.45) is 0 Å². The van der Waals surface area contributed by atoms with Gasteiger partial charge in [-0.05, 0) is 35.9 Å². The average molecular weight is 307 g/mol. The van der Waals surface area contributed by atoms with Crippen LogP contribution in [0, 0.1) is 0 Å². The van der Waals surface area contributed by atoms with E-state index in [0.717, 1.165) is 5.56 Å². The van der Waals surface area contributed by atoms with Gasteiger partial charge < -0.3 is 14.6 Å². The van der Waals surface area contributed by atoms with Gasteiger partial charge in [0.05, 0.1) is 19.3 Å².